The molecule has 0 fully saturated rings. The van der Waals surface area contributed by atoms with Crippen molar-refractivity contribution in [2.24, 2.45) is 7.05 Å². The molecular weight excluding hydrogens is 288 g/mol. The lowest BCUT2D eigenvalue weighted by atomic mass is 9.97. The van der Waals surface area contributed by atoms with E-state index in [0.29, 0.717) is 5.39 Å². The number of methoxy groups -OCH3 is 1. The minimum absolute atomic E-state index is 0.0525. The molecule has 0 spiro atoms. The summed E-state index contributed by atoms with van der Waals surface area (Å²) in [5.74, 6) is 0.769. The molecule has 2 aromatic heterocycles. The molecule has 0 unspecified atom stereocenters. The quantitative estimate of drug-likeness (QED) is 0.743. The van der Waals surface area contributed by atoms with Crippen LogP contribution in [0.3, 0.4) is 0 Å². The van der Waals surface area contributed by atoms with E-state index in [4.69, 9.17) is 4.74 Å². The summed E-state index contributed by atoms with van der Waals surface area (Å²) in [6.45, 7) is 5.87. The molecule has 1 aromatic carbocycles. The highest BCUT2D eigenvalue weighted by Crippen LogP contribution is 2.33. The largest absolute Gasteiger partial charge is 0.496 e. The molecule has 0 aliphatic heterocycles. The Labute approximate surface area is 134 Å². The SMILES string of the molecule is C=Cc1c(C)cc(-c2cn(C)c(=O)c3cnccc23)cc1OC. The molecule has 4 nitrogen and oxygen atoms in total. The maximum Gasteiger partial charge on any atom is 0.259 e. The van der Waals surface area contributed by atoms with Crippen molar-refractivity contribution in [2.45, 2.75) is 6.92 Å². The van der Waals surface area contributed by atoms with Crippen LogP contribution in [-0.2, 0) is 7.05 Å². The first-order chi connectivity index (χ1) is 11.1. The molecule has 3 rings (SSSR count). The third-order valence-electron chi connectivity index (χ3n) is 4.07. The van der Waals surface area contributed by atoms with Crippen molar-refractivity contribution in [1.82, 2.24) is 9.55 Å². The molecule has 23 heavy (non-hydrogen) atoms. The number of benzene rings is 1. The lowest BCUT2D eigenvalue weighted by Gasteiger charge is -2.14. The van der Waals surface area contributed by atoms with Gasteiger partial charge in [0.1, 0.15) is 5.75 Å². The second-order valence-corrected chi connectivity index (χ2v) is 5.49. The minimum Gasteiger partial charge on any atom is -0.496 e. The Bertz CT molecular complexity index is 971. The van der Waals surface area contributed by atoms with E-state index in [1.165, 1.54) is 0 Å². The molecule has 0 aliphatic rings. The maximum atomic E-state index is 12.3. The Morgan fingerprint density at radius 1 is 1.30 bits per heavy atom. The molecule has 0 aliphatic carbocycles. The molecule has 0 N–H and O–H groups in total. The first-order valence-electron chi connectivity index (χ1n) is 7.31. The molecule has 2 heterocycles. The number of fused-ring (bicyclic) bond motifs is 1. The fourth-order valence-electron chi connectivity index (χ4n) is 2.89. The third-order valence-corrected chi connectivity index (χ3v) is 4.07. The molecule has 0 atom stereocenters. The van der Waals surface area contributed by atoms with E-state index >= 15 is 0 Å². The maximum absolute atomic E-state index is 12.3. The summed E-state index contributed by atoms with van der Waals surface area (Å²) in [6, 6.07) is 5.93. The second kappa shape index (κ2) is 5.72. The number of ether oxygens (including phenoxy) is 1. The molecule has 0 amide bonds. The molecule has 0 saturated heterocycles. The van der Waals surface area contributed by atoms with Crippen LogP contribution in [0.4, 0.5) is 0 Å². The summed E-state index contributed by atoms with van der Waals surface area (Å²) in [5, 5.41) is 1.49. The minimum atomic E-state index is -0.0525. The summed E-state index contributed by atoms with van der Waals surface area (Å²) in [7, 11) is 3.40. The zero-order valence-corrected chi connectivity index (χ0v) is 13.5. The van der Waals surface area contributed by atoms with Gasteiger partial charge in [-0.1, -0.05) is 18.7 Å². The van der Waals surface area contributed by atoms with Crippen molar-refractivity contribution in [3.8, 4) is 16.9 Å². The van der Waals surface area contributed by atoms with Crippen LogP contribution in [0.1, 0.15) is 11.1 Å². The highest BCUT2D eigenvalue weighted by atomic mass is 16.5. The van der Waals surface area contributed by atoms with Crippen molar-refractivity contribution < 1.29 is 4.74 Å². The van der Waals surface area contributed by atoms with Gasteiger partial charge in [-0.15, -0.1) is 0 Å². The molecule has 0 saturated carbocycles. The van der Waals surface area contributed by atoms with Crippen LogP contribution in [0.25, 0.3) is 28.0 Å². The van der Waals surface area contributed by atoms with Crippen LogP contribution < -0.4 is 10.3 Å². The van der Waals surface area contributed by atoms with Crippen molar-refractivity contribution in [3.05, 3.63) is 64.8 Å². The van der Waals surface area contributed by atoms with Gasteiger partial charge >= 0.3 is 0 Å². The topological polar surface area (TPSA) is 44.1 Å². The van der Waals surface area contributed by atoms with E-state index in [2.05, 4.69) is 17.6 Å². The molecule has 116 valence electrons. The Balaban J connectivity index is 2.38. The normalized spacial score (nSPS) is 10.7. The number of rotatable bonds is 3. The molecular formula is C19H18N2O2. The Morgan fingerprint density at radius 3 is 2.78 bits per heavy atom. The van der Waals surface area contributed by atoms with Gasteiger partial charge in [-0.05, 0) is 35.6 Å². The summed E-state index contributed by atoms with van der Waals surface area (Å²) in [6.07, 6.45) is 6.96. The van der Waals surface area contributed by atoms with Gasteiger partial charge in [0.15, 0.2) is 0 Å². The second-order valence-electron chi connectivity index (χ2n) is 5.49. The van der Waals surface area contributed by atoms with Gasteiger partial charge < -0.3 is 9.30 Å². The van der Waals surface area contributed by atoms with E-state index in [1.807, 2.05) is 25.3 Å². The molecule has 4 heteroatoms. The number of aryl methyl sites for hydroxylation is 2. The van der Waals surface area contributed by atoms with Crippen molar-refractivity contribution in [2.75, 3.05) is 7.11 Å². The highest BCUT2D eigenvalue weighted by molar-refractivity contribution is 5.95. The lowest BCUT2D eigenvalue weighted by Crippen LogP contribution is -2.16. The summed E-state index contributed by atoms with van der Waals surface area (Å²) in [4.78, 5) is 16.4. The standard InChI is InChI=1S/C19H18N2O2/c1-5-14-12(2)8-13(9-18(14)23-4)17-11-21(3)19(22)16-10-20-7-6-15(16)17/h5-11H,1H2,2-4H3. The Hall–Kier alpha value is -2.88. The van der Waals surface area contributed by atoms with Crippen LogP contribution >= 0.6 is 0 Å². The third kappa shape index (κ3) is 2.42. The van der Waals surface area contributed by atoms with E-state index in [-0.39, 0.29) is 5.56 Å². The number of aromatic nitrogens is 2. The zero-order valence-electron chi connectivity index (χ0n) is 13.5. The van der Waals surface area contributed by atoms with E-state index < -0.39 is 0 Å². The van der Waals surface area contributed by atoms with Gasteiger partial charge in [0.2, 0.25) is 0 Å². The predicted molar refractivity (Wildman–Crippen MR) is 93.8 cm³/mol. The molecule has 0 radical (unpaired) electrons. The Morgan fingerprint density at radius 2 is 2.09 bits per heavy atom. The van der Waals surface area contributed by atoms with Crippen molar-refractivity contribution in [3.63, 3.8) is 0 Å². The monoisotopic (exact) mass is 306 g/mol. The van der Waals surface area contributed by atoms with Crippen LogP contribution in [0.5, 0.6) is 5.75 Å². The van der Waals surface area contributed by atoms with Crippen LogP contribution in [-0.4, -0.2) is 16.7 Å². The fraction of sp³-hybridized carbons (Fsp3) is 0.158. The number of hydrogen-bond acceptors (Lipinski definition) is 3. The van der Waals surface area contributed by atoms with Crippen molar-refractivity contribution >= 4 is 16.8 Å². The lowest BCUT2D eigenvalue weighted by molar-refractivity contribution is 0.413. The molecule has 3 aromatic rings. The van der Waals surface area contributed by atoms with Gasteiger partial charge in [0, 0.05) is 36.8 Å². The molecule has 0 bridgehead atoms. The van der Waals surface area contributed by atoms with Crippen molar-refractivity contribution in [1.29, 1.82) is 0 Å². The van der Waals surface area contributed by atoms with Gasteiger partial charge in [0.25, 0.3) is 5.56 Å². The summed E-state index contributed by atoms with van der Waals surface area (Å²) < 4.78 is 7.08. The van der Waals surface area contributed by atoms with Gasteiger partial charge in [-0.25, -0.2) is 0 Å². The fourth-order valence-corrected chi connectivity index (χ4v) is 2.89. The van der Waals surface area contributed by atoms with Gasteiger partial charge in [0.05, 0.1) is 12.5 Å². The van der Waals surface area contributed by atoms with Crippen LogP contribution in [0, 0.1) is 6.92 Å². The first kappa shape index (κ1) is 15.0. The van der Waals surface area contributed by atoms with E-state index in [1.54, 1.807) is 37.2 Å². The smallest absolute Gasteiger partial charge is 0.259 e. The Kier molecular flexibility index (Phi) is 3.74. The average molecular weight is 306 g/mol. The zero-order chi connectivity index (χ0) is 16.6. The van der Waals surface area contributed by atoms with Gasteiger partial charge in [-0.3, -0.25) is 9.78 Å². The number of pyridine rings is 2. The number of nitrogens with zero attached hydrogens (tertiary/aromatic N) is 2. The van der Waals surface area contributed by atoms with E-state index in [9.17, 15) is 4.79 Å². The van der Waals surface area contributed by atoms with Crippen LogP contribution in [0.15, 0.2) is 48.2 Å². The van der Waals surface area contributed by atoms with Crippen LogP contribution in [0.2, 0.25) is 0 Å². The average Bonchev–Trinajstić information content (AvgIpc) is 2.57. The van der Waals surface area contributed by atoms with Gasteiger partial charge in [-0.2, -0.15) is 0 Å². The highest BCUT2D eigenvalue weighted by Gasteiger charge is 2.12. The predicted octanol–water partition coefficient (Wildman–Crippen LogP) is 3.56. The summed E-state index contributed by atoms with van der Waals surface area (Å²) in [5.41, 5.74) is 3.97. The summed E-state index contributed by atoms with van der Waals surface area (Å²) >= 11 is 0. The first-order valence-corrected chi connectivity index (χ1v) is 7.31. The van der Waals surface area contributed by atoms with E-state index in [0.717, 1.165) is 33.4 Å². The number of hydrogen-bond donors (Lipinski definition) is 0.